The molecule has 1 aromatic carbocycles. The third-order valence-corrected chi connectivity index (χ3v) is 2.41. The van der Waals surface area contributed by atoms with Crippen molar-refractivity contribution >= 4 is 23.1 Å². The molecule has 0 saturated heterocycles. The number of halogens is 2. The molecule has 0 unspecified atom stereocenters. The Balaban J connectivity index is 2.79. The van der Waals surface area contributed by atoms with E-state index >= 15 is 0 Å². The number of nitrogens with two attached hydrogens (primary N) is 1. The molecule has 1 rings (SSSR count). The van der Waals surface area contributed by atoms with Gasteiger partial charge in [-0.1, -0.05) is 24.4 Å². The molecule has 17 heavy (non-hydrogen) atoms. The van der Waals surface area contributed by atoms with Crippen LogP contribution in [-0.4, -0.2) is 35.8 Å². The van der Waals surface area contributed by atoms with Crippen molar-refractivity contribution in [2.24, 2.45) is 5.73 Å². The number of nitrogens with zero attached hydrogens (tertiary/aromatic N) is 1. The zero-order valence-corrected chi connectivity index (χ0v) is 10.0. The van der Waals surface area contributed by atoms with Gasteiger partial charge in [0, 0.05) is 18.2 Å². The fourth-order valence-electron chi connectivity index (χ4n) is 1.29. The Morgan fingerprint density at radius 2 is 1.82 bits per heavy atom. The van der Waals surface area contributed by atoms with E-state index in [1.165, 1.54) is 19.2 Å². The lowest BCUT2D eigenvalue weighted by molar-refractivity contribution is 0.0620. The van der Waals surface area contributed by atoms with Crippen molar-refractivity contribution in [3.05, 3.63) is 35.4 Å². The largest absolute Gasteiger partial charge is 0.389 e. The van der Waals surface area contributed by atoms with Crippen molar-refractivity contribution in [1.82, 2.24) is 4.90 Å². The SMILES string of the molecule is CN(CC(F)F)C(=O)c1ccc(C(N)=S)cc1. The van der Waals surface area contributed by atoms with Crippen molar-refractivity contribution < 1.29 is 13.6 Å². The molecule has 0 atom stereocenters. The number of rotatable bonds is 4. The van der Waals surface area contributed by atoms with Crippen molar-refractivity contribution in [2.45, 2.75) is 6.43 Å². The molecule has 1 amide bonds. The van der Waals surface area contributed by atoms with Crippen LogP contribution in [0.15, 0.2) is 24.3 Å². The zero-order chi connectivity index (χ0) is 13.0. The van der Waals surface area contributed by atoms with Crippen molar-refractivity contribution in [3.63, 3.8) is 0 Å². The second kappa shape index (κ2) is 5.67. The molecule has 0 radical (unpaired) electrons. The first-order valence-electron chi connectivity index (χ1n) is 4.85. The highest BCUT2D eigenvalue weighted by molar-refractivity contribution is 7.80. The van der Waals surface area contributed by atoms with Crippen LogP contribution in [0.2, 0.25) is 0 Å². The lowest BCUT2D eigenvalue weighted by atomic mass is 10.1. The molecular weight excluding hydrogens is 246 g/mol. The number of amides is 1. The van der Waals surface area contributed by atoms with E-state index in [4.69, 9.17) is 18.0 Å². The molecule has 0 fully saturated rings. The summed E-state index contributed by atoms with van der Waals surface area (Å²) >= 11 is 4.76. The molecular formula is C11H12F2N2OS. The summed E-state index contributed by atoms with van der Waals surface area (Å²) in [7, 11) is 1.33. The summed E-state index contributed by atoms with van der Waals surface area (Å²) in [6.45, 7) is -0.587. The Bertz CT molecular complexity index is 420. The summed E-state index contributed by atoms with van der Waals surface area (Å²) in [6, 6.07) is 6.20. The fourth-order valence-corrected chi connectivity index (χ4v) is 1.42. The number of carbonyl (C=O) groups is 1. The van der Waals surface area contributed by atoms with E-state index in [0.29, 0.717) is 11.1 Å². The first-order chi connectivity index (χ1) is 7.91. The average Bonchev–Trinajstić information content (AvgIpc) is 2.27. The molecule has 1 aromatic rings. The maximum atomic E-state index is 12.1. The van der Waals surface area contributed by atoms with Gasteiger partial charge in [-0.05, 0) is 12.1 Å². The van der Waals surface area contributed by atoms with E-state index < -0.39 is 18.9 Å². The van der Waals surface area contributed by atoms with Crippen LogP contribution in [0.25, 0.3) is 0 Å². The second-order valence-electron chi connectivity index (χ2n) is 3.52. The molecule has 0 heterocycles. The molecule has 0 aromatic heterocycles. The molecule has 0 aliphatic heterocycles. The summed E-state index contributed by atoms with van der Waals surface area (Å²) in [4.78, 5) is 12.9. The van der Waals surface area contributed by atoms with Gasteiger partial charge in [-0.3, -0.25) is 4.79 Å². The minimum Gasteiger partial charge on any atom is -0.389 e. The highest BCUT2D eigenvalue weighted by Gasteiger charge is 2.15. The van der Waals surface area contributed by atoms with Crippen LogP contribution in [0.5, 0.6) is 0 Å². The predicted octanol–water partition coefficient (Wildman–Crippen LogP) is 1.66. The fraction of sp³-hybridized carbons (Fsp3) is 0.273. The summed E-state index contributed by atoms with van der Waals surface area (Å²) in [5.74, 6) is -0.459. The van der Waals surface area contributed by atoms with Crippen LogP contribution >= 0.6 is 12.2 Å². The Hall–Kier alpha value is -1.56. The quantitative estimate of drug-likeness (QED) is 0.835. The Kier molecular flexibility index (Phi) is 4.51. The van der Waals surface area contributed by atoms with Gasteiger partial charge in [0.1, 0.15) is 4.99 Å². The molecule has 3 nitrogen and oxygen atoms in total. The standard InChI is InChI=1S/C11H12F2N2OS/c1-15(6-9(12)13)11(16)8-4-2-7(3-5-8)10(14)17/h2-5,9H,6H2,1H3,(H2,14,17). The van der Waals surface area contributed by atoms with Gasteiger partial charge in [0.2, 0.25) is 0 Å². The van der Waals surface area contributed by atoms with Gasteiger partial charge >= 0.3 is 0 Å². The highest BCUT2D eigenvalue weighted by atomic mass is 32.1. The molecule has 0 aliphatic rings. The maximum absolute atomic E-state index is 12.1. The average molecular weight is 258 g/mol. The Morgan fingerprint density at radius 3 is 2.24 bits per heavy atom. The first-order valence-corrected chi connectivity index (χ1v) is 5.26. The third-order valence-electron chi connectivity index (χ3n) is 2.17. The normalized spacial score (nSPS) is 10.4. The number of thiocarbonyl (C=S) groups is 1. The number of benzene rings is 1. The second-order valence-corrected chi connectivity index (χ2v) is 3.96. The van der Waals surface area contributed by atoms with Crippen LogP contribution in [0.4, 0.5) is 8.78 Å². The topological polar surface area (TPSA) is 46.3 Å². The molecule has 0 aliphatic carbocycles. The minimum atomic E-state index is -2.54. The summed E-state index contributed by atoms with van der Waals surface area (Å²) in [5.41, 5.74) is 6.36. The van der Waals surface area contributed by atoms with Crippen molar-refractivity contribution in [1.29, 1.82) is 0 Å². The summed E-state index contributed by atoms with van der Waals surface area (Å²) in [5, 5.41) is 0. The lowest BCUT2D eigenvalue weighted by Gasteiger charge is -2.16. The summed E-state index contributed by atoms with van der Waals surface area (Å²) < 4.78 is 24.2. The molecule has 0 saturated carbocycles. The van der Waals surface area contributed by atoms with E-state index in [9.17, 15) is 13.6 Å². The molecule has 0 spiro atoms. The van der Waals surface area contributed by atoms with Crippen LogP contribution < -0.4 is 5.73 Å². The van der Waals surface area contributed by atoms with Crippen molar-refractivity contribution in [2.75, 3.05) is 13.6 Å². The van der Waals surface area contributed by atoms with E-state index in [2.05, 4.69) is 0 Å². The number of alkyl halides is 2. The third kappa shape index (κ3) is 3.74. The van der Waals surface area contributed by atoms with E-state index in [0.717, 1.165) is 4.90 Å². The van der Waals surface area contributed by atoms with Gasteiger partial charge in [0.25, 0.3) is 12.3 Å². The monoisotopic (exact) mass is 258 g/mol. The van der Waals surface area contributed by atoms with E-state index in [1.807, 2.05) is 0 Å². The highest BCUT2D eigenvalue weighted by Crippen LogP contribution is 2.08. The first kappa shape index (κ1) is 13.5. The Labute approximate surface area is 103 Å². The van der Waals surface area contributed by atoms with E-state index in [-0.39, 0.29) is 4.99 Å². The number of hydrogen-bond acceptors (Lipinski definition) is 2. The van der Waals surface area contributed by atoms with Gasteiger partial charge in [0.15, 0.2) is 0 Å². The molecule has 92 valence electrons. The van der Waals surface area contributed by atoms with Gasteiger partial charge < -0.3 is 10.6 Å². The van der Waals surface area contributed by atoms with Crippen LogP contribution in [0.3, 0.4) is 0 Å². The van der Waals surface area contributed by atoms with E-state index in [1.54, 1.807) is 12.1 Å². The van der Waals surface area contributed by atoms with Crippen LogP contribution in [0, 0.1) is 0 Å². The van der Waals surface area contributed by atoms with Gasteiger partial charge in [0.05, 0.1) is 6.54 Å². The number of hydrogen-bond donors (Lipinski definition) is 1. The molecule has 0 bridgehead atoms. The zero-order valence-electron chi connectivity index (χ0n) is 9.19. The van der Waals surface area contributed by atoms with Gasteiger partial charge in [-0.25, -0.2) is 8.78 Å². The number of carbonyl (C=O) groups excluding carboxylic acids is 1. The predicted molar refractivity (Wildman–Crippen MR) is 65.3 cm³/mol. The molecule has 2 N–H and O–H groups in total. The van der Waals surface area contributed by atoms with Crippen LogP contribution in [-0.2, 0) is 0 Å². The van der Waals surface area contributed by atoms with Crippen molar-refractivity contribution in [3.8, 4) is 0 Å². The lowest BCUT2D eigenvalue weighted by Crippen LogP contribution is -2.31. The maximum Gasteiger partial charge on any atom is 0.255 e. The summed E-state index contributed by atoms with van der Waals surface area (Å²) in [6.07, 6.45) is -2.54. The molecule has 6 heteroatoms. The van der Waals surface area contributed by atoms with Gasteiger partial charge in [-0.2, -0.15) is 0 Å². The van der Waals surface area contributed by atoms with Crippen LogP contribution in [0.1, 0.15) is 15.9 Å². The van der Waals surface area contributed by atoms with Gasteiger partial charge in [-0.15, -0.1) is 0 Å². The minimum absolute atomic E-state index is 0.227. The smallest absolute Gasteiger partial charge is 0.255 e. The Morgan fingerprint density at radius 1 is 1.35 bits per heavy atom.